The summed E-state index contributed by atoms with van der Waals surface area (Å²) in [5.41, 5.74) is 8.94. The maximum atomic E-state index is 13.2. The van der Waals surface area contributed by atoms with Gasteiger partial charge in [-0.3, -0.25) is 24.4 Å². The van der Waals surface area contributed by atoms with Crippen LogP contribution in [-0.4, -0.2) is 68.0 Å². The van der Waals surface area contributed by atoms with E-state index in [2.05, 4.69) is 15.0 Å². The Hall–Kier alpha value is -4.53. The topological polar surface area (TPSA) is 125 Å². The van der Waals surface area contributed by atoms with E-state index in [0.717, 1.165) is 0 Å². The van der Waals surface area contributed by atoms with Gasteiger partial charge in [0.05, 0.1) is 28.7 Å². The second-order valence-corrected chi connectivity index (χ2v) is 8.56. The number of aromatic nitrogens is 3. The first kappa shape index (κ1) is 22.3. The molecule has 1 atom stereocenters. The number of hydrogen-bond acceptors (Lipinski definition) is 6. The zero-order valence-electron chi connectivity index (χ0n) is 19.1. The summed E-state index contributed by atoms with van der Waals surface area (Å²) in [4.78, 5) is 54.3. The Labute approximate surface area is 201 Å². The number of nitrogens with zero attached hydrogens (tertiary/aromatic N) is 4. The van der Waals surface area contributed by atoms with Crippen LogP contribution < -0.4 is 5.73 Å². The number of piperazine rings is 1. The number of carbonyl (C=O) groups excluding carboxylic acids is 3. The molecule has 0 aliphatic carbocycles. The molecule has 1 aliphatic heterocycles. The molecule has 9 nitrogen and oxygen atoms in total. The lowest BCUT2D eigenvalue weighted by atomic mass is 10.1. The molecule has 4 aromatic rings. The number of benzene rings is 1. The number of aromatic amines is 1. The van der Waals surface area contributed by atoms with Gasteiger partial charge in [0.25, 0.3) is 17.6 Å². The molecule has 1 saturated heterocycles. The molecule has 35 heavy (non-hydrogen) atoms. The summed E-state index contributed by atoms with van der Waals surface area (Å²) in [6, 6.07) is 13.9. The number of hydrogen-bond donors (Lipinski definition) is 2. The highest BCUT2D eigenvalue weighted by molar-refractivity contribution is 6.45. The van der Waals surface area contributed by atoms with Crippen LogP contribution in [0.1, 0.15) is 27.6 Å². The Morgan fingerprint density at radius 1 is 1.03 bits per heavy atom. The monoisotopic (exact) mass is 468 g/mol. The van der Waals surface area contributed by atoms with Gasteiger partial charge < -0.3 is 20.5 Å². The Morgan fingerprint density at radius 2 is 1.83 bits per heavy atom. The van der Waals surface area contributed by atoms with Crippen molar-refractivity contribution in [2.24, 2.45) is 0 Å². The zero-order chi connectivity index (χ0) is 24.5. The fourth-order valence-electron chi connectivity index (χ4n) is 4.43. The Morgan fingerprint density at radius 3 is 2.54 bits per heavy atom. The van der Waals surface area contributed by atoms with Crippen LogP contribution in [0, 0.1) is 0 Å². The van der Waals surface area contributed by atoms with E-state index >= 15 is 0 Å². The van der Waals surface area contributed by atoms with Gasteiger partial charge >= 0.3 is 0 Å². The first-order valence-electron chi connectivity index (χ1n) is 11.3. The first-order chi connectivity index (χ1) is 16.9. The van der Waals surface area contributed by atoms with Gasteiger partial charge in [-0.2, -0.15) is 0 Å². The van der Waals surface area contributed by atoms with Crippen LogP contribution in [0.2, 0.25) is 0 Å². The number of H-pyrrole nitrogens is 1. The number of nitrogens with one attached hydrogen (secondary N) is 1. The molecule has 1 aromatic carbocycles. The lowest BCUT2D eigenvalue weighted by Gasteiger charge is -2.39. The van der Waals surface area contributed by atoms with Gasteiger partial charge in [0.2, 0.25) is 0 Å². The van der Waals surface area contributed by atoms with E-state index < -0.39 is 11.7 Å². The van der Waals surface area contributed by atoms with Gasteiger partial charge in [0.15, 0.2) is 0 Å². The third-order valence-corrected chi connectivity index (χ3v) is 6.27. The third kappa shape index (κ3) is 4.12. The predicted octanol–water partition coefficient (Wildman–Crippen LogP) is 2.76. The van der Waals surface area contributed by atoms with Gasteiger partial charge in [0.1, 0.15) is 5.69 Å². The van der Waals surface area contributed by atoms with Crippen molar-refractivity contribution < 1.29 is 14.4 Å². The van der Waals surface area contributed by atoms with E-state index in [1.165, 1.54) is 12.4 Å². The van der Waals surface area contributed by atoms with Crippen molar-refractivity contribution in [2.75, 3.05) is 25.4 Å². The summed E-state index contributed by atoms with van der Waals surface area (Å²) in [5, 5.41) is 0.595. The summed E-state index contributed by atoms with van der Waals surface area (Å²) in [5.74, 6) is -1.27. The first-order valence-corrected chi connectivity index (χ1v) is 11.3. The number of ketones is 1. The molecule has 4 heterocycles. The van der Waals surface area contributed by atoms with Crippen LogP contribution in [0.5, 0.6) is 0 Å². The number of amides is 2. The van der Waals surface area contributed by atoms with Crippen molar-refractivity contribution in [3.8, 4) is 11.4 Å². The van der Waals surface area contributed by atoms with Gasteiger partial charge in [-0.25, -0.2) is 0 Å². The van der Waals surface area contributed by atoms with Crippen LogP contribution in [0.25, 0.3) is 22.3 Å². The second kappa shape index (κ2) is 9.02. The van der Waals surface area contributed by atoms with Crippen molar-refractivity contribution in [1.82, 2.24) is 24.8 Å². The van der Waals surface area contributed by atoms with E-state index in [0.29, 0.717) is 46.6 Å². The molecule has 9 heteroatoms. The highest BCUT2D eigenvalue weighted by Crippen LogP contribution is 2.28. The molecule has 2 amide bonds. The second-order valence-electron chi connectivity index (χ2n) is 8.56. The average molecular weight is 469 g/mol. The predicted molar refractivity (Wildman–Crippen MR) is 132 cm³/mol. The van der Waals surface area contributed by atoms with Crippen LogP contribution in [0.15, 0.2) is 67.1 Å². The van der Waals surface area contributed by atoms with Crippen LogP contribution in [0.4, 0.5) is 5.69 Å². The van der Waals surface area contributed by atoms with Gasteiger partial charge in [0, 0.05) is 49.0 Å². The highest BCUT2D eigenvalue weighted by Gasteiger charge is 2.34. The van der Waals surface area contributed by atoms with E-state index in [1.807, 2.05) is 25.1 Å². The molecule has 0 saturated carbocycles. The standard InChI is InChI=1S/C26H24N6O3/c1-16-15-31(25(34)17-5-3-2-4-6-17)11-12-32(16)26(35)24(33)20-14-30-22-19(20)9-10-28-23(22)21-8-7-18(27)13-29-21/h2-10,13-14,16,30H,11-12,15,27H2,1H3/t16-/m1/s1. The normalized spacial score (nSPS) is 15.9. The van der Waals surface area contributed by atoms with Crippen molar-refractivity contribution in [1.29, 1.82) is 0 Å². The van der Waals surface area contributed by atoms with E-state index in [4.69, 9.17) is 5.73 Å². The smallest absolute Gasteiger partial charge is 0.295 e. The summed E-state index contributed by atoms with van der Waals surface area (Å²) >= 11 is 0. The minimum absolute atomic E-state index is 0.0798. The van der Waals surface area contributed by atoms with Crippen molar-refractivity contribution in [2.45, 2.75) is 13.0 Å². The Bertz CT molecular complexity index is 1410. The van der Waals surface area contributed by atoms with Gasteiger partial charge in [-0.05, 0) is 37.3 Å². The lowest BCUT2D eigenvalue weighted by Crippen LogP contribution is -2.56. The number of fused-ring (bicyclic) bond motifs is 1. The highest BCUT2D eigenvalue weighted by atomic mass is 16.2. The minimum Gasteiger partial charge on any atom is -0.397 e. The molecule has 1 aliphatic rings. The van der Waals surface area contributed by atoms with Crippen LogP contribution >= 0.6 is 0 Å². The van der Waals surface area contributed by atoms with Crippen molar-refractivity contribution in [3.05, 3.63) is 78.2 Å². The summed E-state index contributed by atoms with van der Waals surface area (Å²) in [6.07, 6.45) is 4.66. The molecule has 3 N–H and O–H groups in total. The largest absolute Gasteiger partial charge is 0.397 e. The van der Waals surface area contributed by atoms with Crippen LogP contribution in [0.3, 0.4) is 0 Å². The number of carbonyl (C=O) groups is 3. The van der Waals surface area contributed by atoms with Crippen LogP contribution in [-0.2, 0) is 4.79 Å². The SMILES string of the molecule is C[C@@H]1CN(C(=O)c2ccccc2)CCN1C(=O)C(=O)c1c[nH]c2c(-c3ccc(N)cn3)nccc12. The van der Waals surface area contributed by atoms with Crippen molar-refractivity contribution >= 4 is 34.2 Å². The molecule has 0 unspecified atom stereocenters. The van der Waals surface area contributed by atoms with Gasteiger partial charge in [-0.1, -0.05) is 18.2 Å². The molecular formula is C26H24N6O3. The van der Waals surface area contributed by atoms with E-state index in [-0.39, 0.29) is 24.1 Å². The summed E-state index contributed by atoms with van der Waals surface area (Å²) in [7, 11) is 0. The Balaban J connectivity index is 1.35. The van der Waals surface area contributed by atoms with E-state index in [9.17, 15) is 14.4 Å². The molecule has 0 spiro atoms. The maximum absolute atomic E-state index is 13.2. The molecule has 0 radical (unpaired) electrons. The lowest BCUT2D eigenvalue weighted by molar-refractivity contribution is -0.130. The molecular weight excluding hydrogens is 444 g/mol. The zero-order valence-corrected chi connectivity index (χ0v) is 19.1. The summed E-state index contributed by atoms with van der Waals surface area (Å²) in [6.45, 7) is 2.85. The van der Waals surface area contributed by atoms with E-state index in [1.54, 1.807) is 46.3 Å². The number of nitrogens with two attached hydrogens (primary N) is 1. The number of rotatable bonds is 4. The third-order valence-electron chi connectivity index (χ3n) is 6.27. The van der Waals surface area contributed by atoms with Gasteiger partial charge in [-0.15, -0.1) is 0 Å². The molecule has 0 bridgehead atoms. The number of pyridine rings is 2. The average Bonchev–Trinajstić information content (AvgIpc) is 3.33. The maximum Gasteiger partial charge on any atom is 0.295 e. The van der Waals surface area contributed by atoms with Crippen molar-refractivity contribution in [3.63, 3.8) is 0 Å². The number of anilines is 1. The Kier molecular flexibility index (Phi) is 5.74. The quantitative estimate of drug-likeness (QED) is 0.350. The number of Topliss-reactive ketones (excluding diaryl/α,β-unsaturated/α-hetero) is 1. The number of nitrogen functional groups attached to an aromatic ring is 1. The molecule has 1 fully saturated rings. The fourth-order valence-corrected chi connectivity index (χ4v) is 4.43. The molecule has 5 rings (SSSR count). The minimum atomic E-state index is -0.603. The summed E-state index contributed by atoms with van der Waals surface area (Å²) < 4.78 is 0. The fraction of sp³-hybridized carbons (Fsp3) is 0.192. The molecule has 176 valence electrons. The molecule has 3 aromatic heterocycles.